The van der Waals surface area contributed by atoms with Gasteiger partial charge in [0.05, 0.1) is 12.6 Å². The Morgan fingerprint density at radius 2 is 2.53 bits per heavy atom. The number of β-amino-alcohol motifs (C(OH)–C–C–N with tert-alkyl or cyclic N) is 1. The molecule has 5 nitrogen and oxygen atoms in total. The first-order valence-electron chi connectivity index (χ1n) is 4.88. The van der Waals surface area contributed by atoms with E-state index in [0.717, 1.165) is 5.56 Å². The summed E-state index contributed by atoms with van der Waals surface area (Å²) < 4.78 is 0. The molecule has 1 aliphatic rings. The first-order valence-corrected chi connectivity index (χ1v) is 4.88. The molecule has 2 amide bonds. The molecule has 0 aromatic carbocycles. The molecule has 0 bridgehead atoms. The van der Waals surface area contributed by atoms with E-state index in [1.54, 1.807) is 17.3 Å². The van der Waals surface area contributed by atoms with Crippen LogP contribution in [0.2, 0.25) is 0 Å². The van der Waals surface area contributed by atoms with Crippen LogP contribution in [0.1, 0.15) is 11.6 Å². The number of amides is 2. The average molecular weight is 207 g/mol. The molecular formula is C10H13N3O2. The Labute approximate surface area is 87.7 Å². The van der Waals surface area contributed by atoms with E-state index in [2.05, 4.69) is 10.3 Å². The SMILES string of the molecule is O=C1NCC(c2cccnc2)N1CCO. The van der Waals surface area contributed by atoms with Crippen molar-refractivity contribution in [1.29, 1.82) is 0 Å². The highest BCUT2D eigenvalue weighted by Gasteiger charge is 2.31. The van der Waals surface area contributed by atoms with E-state index in [1.807, 2.05) is 12.1 Å². The van der Waals surface area contributed by atoms with E-state index in [9.17, 15) is 4.79 Å². The fraction of sp³-hybridized carbons (Fsp3) is 0.400. The van der Waals surface area contributed by atoms with E-state index in [1.165, 1.54) is 0 Å². The second-order valence-electron chi connectivity index (χ2n) is 3.41. The monoisotopic (exact) mass is 207 g/mol. The number of rotatable bonds is 3. The first-order chi connectivity index (χ1) is 7.33. The summed E-state index contributed by atoms with van der Waals surface area (Å²) in [5.74, 6) is 0. The number of carbonyl (C=O) groups is 1. The summed E-state index contributed by atoms with van der Waals surface area (Å²) in [5, 5.41) is 11.6. The highest BCUT2D eigenvalue weighted by Crippen LogP contribution is 2.22. The van der Waals surface area contributed by atoms with Crippen LogP contribution in [0.3, 0.4) is 0 Å². The molecule has 1 fully saturated rings. The van der Waals surface area contributed by atoms with E-state index in [-0.39, 0.29) is 18.7 Å². The maximum absolute atomic E-state index is 11.4. The molecule has 0 saturated carbocycles. The van der Waals surface area contributed by atoms with Gasteiger partial charge in [-0.2, -0.15) is 0 Å². The Hall–Kier alpha value is -1.62. The molecule has 1 aromatic heterocycles. The highest BCUT2D eigenvalue weighted by molar-refractivity contribution is 5.77. The van der Waals surface area contributed by atoms with Gasteiger partial charge in [0.2, 0.25) is 0 Å². The summed E-state index contributed by atoms with van der Waals surface area (Å²) in [4.78, 5) is 17.1. The fourth-order valence-electron chi connectivity index (χ4n) is 1.77. The third kappa shape index (κ3) is 1.92. The van der Waals surface area contributed by atoms with Crippen LogP contribution in [0.15, 0.2) is 24.5 Å². The number of pyridine rings is 1. The number of carbonyl (C=O) groups excluding carboxylic acids is 1. The molecule has 0 aliphatic carbocycles. The van der Waals surface area contributed by atoms with Gasteiger partial charge in [0.25, 0.3) is 0 Å². The summed E-state index contributed by atoms with van der Waals surface area (Å²) in [7, 11) is 0. The van der Waals surface area contributed by atoms with Crippen LogP contribution in [-0.2, 0) is 0 Å². The molecule has 2 N–H and O–H groups in total. The van der Waals surface area contributed by atoms with Crippen LogP contribution < -0.4 is 5.32 Å². The zero-order valence-electron chi connectivity index (χ0n) is 8.26. The minimum absolute atomic E-state index is 0.0154. The minimum Gasteiger partial charge on any atom is -0.395 e. The van der Waals surface area contributed by atoms with Crippen molar-refractivity contribution >= 4 is 6.03 Å². The molecule has 5 heteroatoms. The third-order valence-corrected chi connectivity index (χ3v) is 2.49. The lowest BCUT2D eigenvalue weighted by atomic mass is 10.1. The number of nitrogens with one attached hydrogen (secondary N) is 1. The molecule has 2 heterocycles. The van der Waals surface area contributed by atoms with E-state index >= 15 is 0 Å². The summed E-state index contributed by atoms with van der Waals surface area (Å²) in [5.41, 5.74) is 0.990. The first kappa shape index (κ1) is 9.92. The number of aliphatic hydroxyl groups excluding tert-OH is 1. The van der Waals surface area contributed by atoms with Crippen molar-refractivity contribution in [2.24, 2.45) is 0 Å². The van der Waals surface area contributed by atoms with Crippen LogP contribution in [0, 0.1) is 0 Å². The van der Waals surface area contributed by atoms with Crippen molar-refractivity contribution in [2.75, 3.05) is 19.7 Å². The number of urea groups is 1. The predicted octanol–water partition coefficient (Wildman–Crippen LogP) is 0.140. The van der Waals surface area contributed by atoms with Gasteiger partial charge in [-0.1, -0.05) is 6.07 Å². The van der Waals surface area contributed by atoms with Gasteiger partial charge in [-0.15, -0.1) is 0 Å². The minimum atomic E-state index is -0.127. The van der Waals surface area contributed by atoms with Gasteiger partial charge >= 0.3 is 6.03 Å². The quantitative estimate of drug-likeness (QED) is 0.741. The molecule has 1 aliphatic heterocycles. The lowest BCUT2D eigenvalue weighted by Gasteiger charge is -2.21. The average Bonchev–Trinajstić information content (AvgIpc) is 2.63. The van der Waals surface area contributed by atoms with Gasteiger partial charge < -0.3 is 15.3 Å². The molecule has 1 aromatic rings. The fourth-order valence-corrected chi connectivity index (χ4v) is 1.77. The molecule has 1 saturated heterocycles. The molecule has 0 spiro atoms. The lowest BCUT2D eigenvalue weighted by Crippen LogP contribution is -2.32. The number of nitrogens with zero attached hydrogens (tertiary/aromatic N) is 2. The summed E-state index contributed by atoms with van der Waals surface area (Å²) in [6, 6.07) is 3.63. The molecule has 1 unspecified atom stereocenters. The van der Waals surface area contributed by atoms with Crippen LogP contribution in [0.4, 0.5) is 4.79 Å². The topological polar surface area (TPSA) is 65.5 Å². The molecule has 80 valence electrons. The Kier molecular flexibility index (Phi) is 2.82. The van der Waals surface area contributed by atoms with Gasteiger partial charge in [-0.25, -0.2) is 4.79 Å². The van der Waals surface area contributed by atoms with Gasteiger partial charge in [-0.05, 0) is 11.6 Å². The highest BCUT2D eigenvalue weighted by atomic mass is 16.3. The smallest absolute Gasteiger partial charge is 0.318 e. The summed E-state index contributed by atoms with van der Waals surface area (Å²) in [6.45, 7) is 0.903. The van der Waals surface area contributed by atoms with Crippen molar-refractivity contribution in [1.82, 2.24) is 15.2 Å². The Morgan fingerprint density at radius 3 is 3.20 bits per heavy atom. The molecular weight excluding hydrogens is 194 g/mol. The van der Waals surface area contributed by atoms with Crippen molar-refractivity contribution in [2.45, 2.75) is 6.04 Å². The van der Waals surface area contributed by atoms with Gasteiger partial charge in [0, 0.05) is 25.5 Å². The third-order valence-electron chi connectivity index (χ3n) is 2.49. The van der Waals surface area contributed by atoms with Crippen LogP contribution in [0.25, 0.3) is 0 Å². The number of aliphatic hydroxyl groups is 1. The van der Waals surface area contributed by atoms with Crippen LogP contribution in [0.5, 0.6) is 0 Å². The van der Waals surface area contributed by atoms with Gasteiger partial charge in [0.1, 0.15) is 0 Å². The Morgan fingerprint density at radius 1 is 1.67 bits per heavy atom. The van der Waals surface area contributed by atoms with Crippen molar-refractivity contribution in [3.05, 3.63) is 30.1 Å². The van der Waals surface area contributed by atoms with E-state index in [4.69, 9.17) is 5.11 Å². The van der Waals surface area contributed by atoms with Crippen LogP contribution >= 0.6 is 0 Å². The normalized spacial score (nSPS) is 20.5. The maximum atomic E-state index is 11.4. The largest absolute Gasteiger partial charge is 0.395 e. The summed E-state index contributed by atoms with van der Waals surface area (Å²) >= 11 is 0. The number of hydrogen-bond acceptors (Lipinski definition) is 3. The lowest BCUT2D eigenvalue weighted by molar-refractivity contribution is 0.179. The second-order valence-corrected chi connectivity index (χ2v) is 3.41. The molecule has 15 heavy (non-hydrogen) atoms. The zero-order chi connectivity index (χ0) is 10.7. The van der Waals surface area contributed by atoms with Gasteiger partial charge in [0.15, 0.2) is 0 Å². The van der Waals surface area contributed by atoms with Crippen molar-refractivity contribution in [3.63, 3.8) is 0 Å². The Bertz CT molecular complexity index is 342. The van der Waals surface area contributed by atoms with Gasteiger partial charge in [-0.3, -0.25) is 4.98 Å². The Balaban J connectivity index is 2.18. The molecule has 2 rings (SSSR count). The van der Waals surface area contributed by atoms with Crippen molar-refractivity contribution in [3.8, 4) is 0 Å². The number of aromatic nitrogens is 1. The maximum Gasteiger partial charge on any atom is 0.318 e. The second kappa shape index (κ2) is 4.27. The number of hydrogen-bond donors (Lipinski definition) is 2. The van der Waals surface area contributed by atoms with Crippen molar-refractivity contribution < 1.29 is 9.90 Å². The standard InChI is InChI=1S/C10H13N3O2/c14-5-4-13-9(7-12-10(13)15)8-2-1-3-11-6-8/h1-3,6,9,14H,4-5,7H2,(H,12,15). The molecule has 1 atom stereocenters. The van der Waals surface area contributed by atoms with Crippen LogP contribution in [-0.4, -0.2) is 40.7 Å². The zero-order valence-corrected chi connectivity index (χ0v) is 8.26. The summed E-state index contributed by atoms with van der Waals surface area (Å²) in [6.07, 6.45) is 3.44. The predicted molar refractivity (Wildman–Crippen MR) is 54.2 cm³/mol. The van der Waals surface area contributed by atoms with E-state index < -0.39 is 0 Å². The molecule has 0 radical (unpaired) electrons. The van der Waals surface area contributed by atoms with E-state index in [0.29, 0.717) is 13.1 Å².